The van der Waals surface area contributed by atoms with E-state index in [-0.39, 0.29) is 36.2 Å². The Morgan fingerprint density at radius 1 is 1.19 bits per heavy atom. The van der Waals surface area contributed by atoms with E-state index in [4.69, 9.17) is 5.73 Å². The average Bonchev–Trinajstić information content (AvgIpc) is 2.37. The molecule has 0 saturated carbocycles. The number of rotatable bonds is 5. The van der Waals surface area contributed by atoms with Crippen molar-refractivity contribution in [3.8, 4) is 0 Å². The van der Waals surface area contributed by atoms with Crippen molar-refractivity contribution in [3.63, 3.8) is 0 Å². The lowest BCUT2D eigenvalue weighted by Crippen LogP contribution is -2.44. The minimum absolute atomic E-state index is 0. The Hall–Kier alpha value is -1.59. The number of carbonyl (C=O) groups is 2. The molecule has 21 heavy (non-hydrogen) atoms. The Bertz CT molecular complexity index is 492. The van der Waals surface area contributed by atoms with Gasteiger partial charge in [0.25, 0.3) is 0 Å². The summed E-state index contributed by atoms with van der Waals surface area (Å²) in [5.41, 5.74) is 7.44. The zero-order valence-corrected chi connectivity index (χ0v) is 13.7. The molecule has 0 aliphatic heterocycles. The van der Waals surface area contributed by atoms with Crippen molar-refractivity contribution in [2.24, 2.45) is 11.7 Å². The van der Waals surface area contributed by atoms with Gasteiger partial charge in [0.2, 0.25) is 11.8 Å². The third-order valence-electron chi connectivity index (χ3n) is 3.09. The number of amides is 2. The number of halogens is 1. The molecule has 6 heteroatoms. The van der Waals surface area contributed by atoms with Crippen molar-refractivity contribution in [2.45, 2.75) is 39.8 Å². The minimum Gasteiger partial charge on any atom is -0.348 e. The quantitative estimate of drug-likeness (QED) is 0.779. The molecule has 0 aliphatic carbocycles. The van der Waals surface area contributed by atoms with Crippen LogP contribution >= 0.6 is 12.4 Å². The Labute approximate surface area is 132 Å². The maximum atomic E-state index is 11.9. The second-order valence-electron chi connectivity index (χ2n) is 5.31. The first-order valence-electron chi connectivity index (χ1n) is 6.74. The van der Waals surface area contributed by atoms with Crippen molar-refractivity contribution >= 4 is 29.9 Å². The van der Waals surface area contributed by atoms with E-state index in [1.807, 2.05) is 39.0 Å². The molecule has 0 fully saturated rings. The van der Waals surface area contributed by atoms with Crippen LogP contribution in [-0.2, 0) is 9.59 Å². The predicted octanol–water partition coefficient (Wildman–Crippen LogP) is 2.23. The Kier molecular flexibility index (Phi) is 7.99. The van der Waals surface area contributed by atoms with E-state index >= 15 is 0 Å². The summed E-state index contributed by atoms with van der Waals surface area (Å²) >= 11 is 0. The third kappa shape index (κ3) is 6.14. The van der Waals surface area contributed by atoms with E-state index in [1.165, 1.54) is 6.92 Å². The van der Waals surface area contributed by atoms with Crippen LogP contribution < -0.4 is 16.4 Å². The van der Waals surface area contributed by atoms with Crippen molar-refractivity contribution in [1.82, 2.24) is 5.32 Å². The highest BCUT2D eigenvalue weighted by atomic mass is 35.5. The maximum Gasteiger partial charge on any atom is 0.237 e. The summed E-state index contributed by atoms with van der Waals surface area (Å²) in [5, 5.41) is 5.60. The highest BCUT2D eigenvalue weighted by Gasteiger charge is 2.19. The van der Waals surface area contributed by atoms with Gasteiger partial charge in [-0.25, -0.2) is 0 Å². The van der Waals surface area contributed by atoms with Crippen LogP contribution in [0.25, 0.3) is 0 Å². The summed E-state index contributed by atoms with van der Waals surface area (Å²) < 4.78 is 0. The van der Waals surface area contributed by atoms with E-state index in [1.54, 1.807) is 6.07 Å². The molecular weight excluding hydrogens is 290 g/mol. The van der Waals surface area contributed by atoms with Gasteiger partial charge in [0.05, 0.1) is 12.1 Å². The number of carbonyl (C=O) groups excluding carboxylic acids is 2. The van der Waals surface area contributed by atoms with Gasteiger partial charge in [-0.3, -0.25) is 9.59 Å². The Morgan fingerprint density at radius 3 is 2.33 bits per heavy atom. The highest BCUT2D eigenvalue weighted by Crippen LogP contribution is 2.17. The molecule has 0 aromatic heterocycles. The van der Waals surface area contributed by atoms with Gasteiger partial charge in [-0.2, -0.15) is 0 Å². The van der Waals surface area contributed by atoms with Crippen molar-refractivity contribution in [1.29, 1.82) is 0 Å². The number of hydrogen-bond acceptors (Lipinski definition) is 3. The average molecular weight is 314 g/mol. The molecule has 4 N–H and O–H groups in total. The van der Waals surface area contributed by atoms with Crippen LogP contribution in [0.1, 0.15) is 39.3 Å². The number of anilines is 1. The molecule has 1 unspecified atom stereocenters. The second kappa shape index (κ2) is 8.64. The maximum absolute atomic E-state index is 11.9. The largest absolute Gasteiger partial charge is 0.348 e. The van der Waals surface area contributed by atoms with Crippen LogP contribution in [0, 0.1) is 5.92 Å². The molecule has 0 saturated heterocycles. The zero-order valence-electron chi connectivity index (χ0n) is 12.8. The molecule has 1 aromatic carbocycles. The molecule has 5 nitrogen and oxygen atoms in total. The molecule has 0 bridgehead atoms. The van der Waals surface area contributed by atoms with Gasteiger partial charge in [-0.15, -0.1) is 12.4 Å². The van der Waals surface area contributed by atoms with Crippen LogP contribution in [-0.4, -0.2) is 17.9 Å². The predicted molar refractivity (Wildman–Crippen MR) is 87.4 cm³/mol. The molecule has 2 amide bonds. The van der Waals surface area contributed by atoms with Gasteiger partial charge in [0.15, 0.2) is 0 Å². The number of nitrogens with one attached hydrogen (secondary N) is 2. The van der Waals surface area contributed by atoms with E-state index in [9.17, 15) is 9.59 Å². The van der Waals surface area contributed by atoms with Crippen molar-refractivity contribution in [3.05, 3.63) is 29.8 Å². The van der Waals surface area contributed by atoms with Gasteiger partial charge < -0.3 is 16.4 Å². The third-order valence-corrected chi connectivity index (χ3v) is 3.09. The van der Waals surface area contributed by atoms with Crippen LogP contribution in [0.2, 0.25) is 0 Å². The van der Waals surface area contributed by atoms with E-state index in [0.717, 1.165) is 5.56 Å². The Balaban J connectivity index is 0.00000400. The van der Waals surface area contributed by atoms with Crippen molar-refractivity contribution < 1.29 is 9.59 Å². The fraction of sp³-hybridized carbons (Fsp3) is 0.467. The molecular formula is C15H24ClN3O2. The first-order chi connectivity index (χ1) is 9.31. The Morgan fingerprint density at radius 2 is 1.81 bits per heavy atom. The first kappa shape index (κ1) is 19.4. The number of nitrogens with two attached hydrogens (primary N) is 1. The monoisotopic (exact) mass is 313 g/mol. The standard InChI is InChI=1S/C15H23N3O2.ClH/c1-9(2)14(16)15(20)17-10(3)12-6-5-7-13(8-12)18-11(4)19;/h5-10,14H,16H2,1-4H3,(H,17,20)(H,18,19);1H/t10?,14-;/m1./s1. The molecule has 1 aromatic rings. The number of benzene rings is 1. The second-order valence-corrected chi connectivity index (χ2v) is 5.31. The molecule has 1 rings (SSSR count). The minimum atomic E-state index is -0.518. The summed E-state index contributed by atoms with van der Waals surface area (Å²) in [5.74, 6) is -0.203. The molecule has 0 aliphatic rings. The normalized spacial score (nSPS) is 13.0. The summed E-state index contributed by atoms with van der Waals surface area (Å²) in [6.07, 6.45) is 0. The van der Waals surface area contributed by atoms with E-state index in [2.05, 4.69) is 10.6 Å². The lowest BCUT2D eigenvalue weighted by atomic mass is 10.0. The fourth-order valence-electron chi connectivity index (χ4n) is 1.78. The summed E-state index contributed by atoms with van der Waals surface area (Å²) in [6, 6.07) is 6.70. The van der Waals surface area contributed by atoms with Crippen LogP contribution in [0.5, 0.6) is 0 Å². The van der Waals surface area contributed by atoms with Gasteiger partial charge in [0, 0.05) is 12.6 Å². The van der Waals surface area contributed by atoms with E-state index < -0.39 is 6.04 Å². The SMILES string of the molecule is CC(=O)Nc1cccc(C(C)NC(=O)[C@H](N)C(C)C)c1.Cl. The van der Waals surface area contributed by atoms with Crippen LogP contribution in [0.4, 0.5) is 5.69 Å². The van der Waals surface area contributed by atoms with Crippen LogP contribution in [0.15, 0.2) is 24.3 Å². The molecule has 118 valence electrons. The van der Waals surface area contributed by atoms with Gasteiger partial charge in [-0.05, 0) is 30.5 Å². The molecule has 0 heterocycles. The zero-order chi connectivity index (χ0) is 15.3. The van der Waals surface area contributed by atoms with Crippen LogP contribution in [0.3, 0.4) is 0 Å². The van der Waals surface area contributed by atoms with E-state index in [0.29, 0.717) is 5.69 Å². The molecule has 0 spiro atoms. The van der Waals surface area contributed by atoms with Gasteiger partial charge in [-0.1, -0.05) is 26.0 Å². The number of hydrogen-bond donors (Lipinski definition) is 3. The van der Waals surface area contributed by atoms with Crippen molar-refractivity contribution in [2.75, 3.05) is 5.32 Å². The lowest BCUT2D eigenvalue weighted by molar-refractivity contribution is -0.123. The topological polar surface area (TPSA) is 84.2 Å². The summed E-state index contributed by atoms with van der Waals surface area (Å²) in [4.78, 5) is 23.0. The smallest absolute Gasteiger partial charge is 0.237 e. The summed E-state index contributed by atoms with van der Waals surface area (Å²) in [7, 11) is 0. The fourth-order valence-corrected chi connectivity index (χ4v) is 1.78. The van der Waals surface area contributed by atoms with Gasteiger partial charge >= 0.3 is 0 Å². The summed E-state index contributed by atoms with van der Waals surface area (Å²) in [6.45, 7) is 7.16. The highest BCUT2D eigenvalue weighted by molar-refractivity contribution is 5.88. The van der Waals surface area contributed by atoms with Gasteiger partial charge in [0.1, 0.15) is 0 Å². The molecule has 2 atom stereocenters. The molecule has 0 radical (unpaired) electrons. The lowest BCUT2D eigenvalue weighted by Gasteiger charge is -2.20. The first-order valence-corrected chi connectivity index (χ1v) is 6.74.